The minimum atomic E-state index is -4.94. The summed E-state index contributed by atoms with van der Waals surface area (Å²) in [5.74, 6) is 0. The molecule has 1 N–H and O–H groups in total. The SMILES string of the molecule is CC1=[N+](CC(C)O)c2ccc3ccccc3c2C1(C)C.[O-][Cl+3]([O-])([O-])[O-]. The molecule has 0 radical (unpaired) electrons. The van der Waals surface area contributed by atoms with E-state index in [2.05, 4.69) is 61.7 Å². The van der Waals surface area contributed by atoms with Crippen molar-refractivity contribution in [2.75, 3.05) is 6.54 Å². The second-order valence-electron chi connectivity index (χ2n) is 6.73. The minimum absolute atomic E-state index is 0.00505. The highest BCUT2D eigenvalue weighted by molar-refractivity contribution is 6.01. The summed E-state index contributed by atoms with van der Waals surface area (Å²) in [4.78, 5) is 0. The molecular weight excluding hydrogens is 346 g/mol. The topological polar surface area (TPSA) is 115 Å². The van der Waals surface area contributed by atoms with Crippen LogP contribution in [0.5, 0.6) is 0 Å². The van der Waals surface area contributed by atoms with Gasteiger partial charge >= 0.3 is 0 Å². The van der Waals surface area contributed by atoms with E-state index < -0.39 is 10.2 Å². The molecule has 0 amide bonds. The maximum atomic E-state index is 9.78. The molecule has 2 aromatic rings. The first kappa shape index (κ1) is 19.8. The van der Waals surface area contributed by atoms with Gasteiger partial charge in [-0.2, -0.15) is 4.58 Å². The molecule has 25 heavy (non-hydrogen) atoms. The molecule has 0 aliphatic carbocycles. The van der Waals surface area contributed by atoms with Crippen LogP contribution in [-0.4, -0.2) is 28.0 Å². The average molecular weight is 368 g/mol. The molecule has 136 valence electrons. The van der Waals surface area contributed by atoms with Crippen molar-refractivity contribution in [2.24, 2.45) is 0 Å². The van der Waals surface area contributed by atoms with Gasteiger partial charge in [0.25, 0.3) is 0 Å². The monoisotopic (exact) mass is 367 g/mol. The number of rotatable bonds is 2. The van der Waals surface area contributed by atoms with Crippen molar-refractivity contribution in [1.82, 2.24) is 0 Å². The van der Waals surface area contributed by atoms with Crippen LogP contribution >= 0.6 is 0 Å². The Kier molecular flexibility index (Phi) is 5.53. The largest absolute Gasteiger partial charge is 0.387 e. The predicted octanol–water partition coefficient (Wildman–Crippen LogP) is -1.14. The maximum absolute atomic E-state index is 9.78. The van der Waals surface area contributed by atoms with Crippen molar-refractivity contribution in [3.63, 3.8) is 0 Å². The number of fused-ring (bicyclic) bond motifs is 3. The Morgan fingerprint density at radius 2 is 1.64 bits per heavy atom. The quantitative estimate of drug-likeness (QED) is 0.674. The second-order valence-corrected chi connectivity index (χ2v) is 7.48. The molecule has 0 saturated carbocycles. The summed E-state index contributed by atoms with van der Waals surface area (Å²) in [5, 5.41) is 12.4. The molecule has 3 rings (SSSR count). The molecule has 1 heterocycles. The number of β-amino-alcohol motifs (C(OH)–C–C–N with tert-alkyl or cyclic N) is 1. The Morgan fingerprint density at radius 3 is 2.20 bits per heavy atom. The summed E-state index contributed by atoms with van der Waals surface area (Å²) >= 11 is 0. The standard InChI is InChI=1S/C18H22NO.ClHO4/c1-12(20)11-19-13(2)18(3,4)17-15-8-6-5-7-14(15)9-10-16(17)19;2-1(3,4)5/h5-10,12,20H,11H2,1-4H3;(H,2,3,4,5)/q+1;/p-1. The number of nitrogens with zero attached hydrogens (tertiary/aromatic N) is 1. The van der Waals surface area contributed by atoms with Gasteiger partial charge in [-0.3, -0.25) is 0 Å². The van der Waals surface area contributed by atoms with Gasteiger partial charge in [-0.15, -0.1) is 10.2 Å². The van der Waals surface area contributed by atoms with Crippen molar-refractivity contribution in [3.05, 3.63) is 42.0 Å². The zero-order valence-electron chi connectivity index (χ0n) is 14.7. The number of hydrogen-bond donors (Lipinski definition) is 1. The third-order valence-corrected chi connectivity index (χ3v) is 4.58. The van der Waals surface area contributed by atoms with Gasteiger partial charge < -0.3 is 5.11 Å². The van der Waals surface area contributed by atoms with Gasteiger partial charge in [0.05, 0.1) is 5.41 Å². The van der Waals surface area contributed by atoms with Crippen molar-refractivity contribution < 1.29 is 38.6 Å². The summed E-state index contributed by atoms with van der Waals surface area (Å²) in [6.45, 7) is 9.22. The van der Waals surface area contributed by atoms with Gasteiger partial charge in [0.2, 0.25) is 5.69 Å². The number of hydrogen-bond acceptors (Lipinski definition) is 5. The Morgan fingerprint density at radius 1 is 1.08 bits per heavy atom. The van der Waals surface area contributed by atoms with Crippen molar-refractivity contribution in [3.8, 4) is 0 Å². The fraction of sp³-hybridized carbons (Fsp3) is 0.389. The van der Waals surface area contributed by atoms with Crippen LogP contribution in [-0.2, 0) is 5.41 Å². The first-order valence-electron chi connectivity index (χ1n) is 7.86. The van der Waals surface area contributed by atoms with Gasteiger partial charge in [-0.05, 0) is 37.6 Å². The Hall–Kier alpha value is -1.54. The Balaban J connectivity index is 0.000000399. The van der Waals surface area contributed by atoms with E-state index in [1.54, 1.807) is 0 Å². The van der Waals surface area contributed by atoms with Crippen LogP contribution in [0, 0.1) is 10.2 Å². The van der Waals surface area contributed by atoms with E-state index in [9.17, 15) is 5.11 Å². The molecule has 1 aliphatic heterocycles. The third-order valence-electron chi connectivity index (χ3n) is 4.58. The van der Waals surface area contributed by atoms with Crippen LogP contribution in [0.15, 0.2) is 36.4 Å². The van der Waals surface area contributed by atoms with E-state index in [4.69, 9.17) is 18.6 Å². The average Bonchev–Trinajstić information content (AvgIpc) is 2.66. The highest BCUT2D eigenvalue weighted by atomic mass is 35.7. The van der Waals surface area contributed by atoms with Crippen LogP contribution in [0.3, 0.4) is 0 Å². The first-order valence-corrected chi connectivity index (χ1v) is 9.10. The molecule has 6 nitrogen and oxygen atoms in total. The molecule has 2 aromatic carbocycles. The highest BCUT2D eigenvalue weighted by Gasteiger charge is 2.44. The minimum Gasteiger partial charge on any atom is -0.387 e. The number of aliphatic hydroxyl groups excluding tert-OH is 1. The van der Waals surface area contributed by atoms with Gasteiger partial charge in [0.15, 0.2) is 12.3 Å². The smallest absolute Gasteiger partial charge is 0.210 e. The Labute approximate surface area is 149 Å². The second kappa shape index (κ2) is 6.99. The van der Waals surface area contributed by atoms with Gasteiger partial charge in [0, 0.05) is 18.6 Å². The normalized spacial score (nSPS) is 17.2. The zero-order chi connectivity index (χ0) is 19.0. The fourth-order valence-electron chi connectivity index (χ4n) is 3.34. The predicted molar refractivity (Wildman–Crippen MR) is 84.1 cm³/mol. The fourth-order valence-corrected chi connectivity index (χ4v) is 3.34. The van der Waals surface area contributed by atoms with Crippen LogP contribution in [0.2, 0.25) is 0 Å². The van der Waals surface area contributed by atoms with Gasteiger partial charge in [0.1, 0.15) is 6.10 Å². The Bertz CT molecular complexity index is 803. The van der Waals surface area contributed by atoms with Crippen LogP contribution in [0.4, 0.5) is 5.69 Å². The van der Waals surface area contributed by atoms with E-state index in [0.29, 0.717) is 6.54 Å². The highest BCUT2D eigenvalue weighted by Crippen LogP contribution is 2.43. The molecule has 0 bridgehead atoms. The van der Waals surface area contributed by atoms with E-state index in [1.165, 1.54) is 27.7 Å². The van der Waals surface area contributed by atoms with Crippen molar-refractivity contribution >= 4 is 22.2 Å². The lowest BCUT2D eigenvalue weighted by Gasteiger charge is -2.17. The summed E-state index contributed by atoms with van der Waals surface area (Å²) < 4.78 is 36.2. The van der Waals surface area contributed by atoms with Crippen molar-refractivity contribution in [1.29, 1.82) is 0 Å². The molecule has 0 spiro atoms. The number of halogens is 1. The van der Waals surface area contributed by atoms with E-state index in [-0.39, 0.29) is 11.5 Å². The lowest BCUT2D eigenvalue weighted by atomic mass is 9.80. The van der Waals surface area contributed by atoms with Gasteiger partial charge in [-0.25, -0.2) is 18.6 Å². The molecule has 1 aliphatic rings. The molecular formula is C18H22ClNO5. The molecule has 1 atom stereocenters. The van der Waals surface area contributed by atoms with Crippen LogP contribution in [0.1, 0.15) is 33.3 Å². The molecule has 7 heteroatoms. The maximum Gasteiger partial charge on any atom is 0.210 e. The van der Waals surface area contributed by atoms with Crippen molar-refractivity contribution in [2.45, 2.75) is 39.2 Å². The van der Waals surface area contributed by atoms with Crippen LogP contribution < -0.4 is 18.6 Å². The molecule has 0 saturated heterocycles. The number of benzene rings is 2. The van der Waals surface area contributed by atoms with Gasteiger partial charge in [-0.1, -0.05) is 24.3 Å². The number of aliphatic hydroxyl groups is 1. The zero-order valence-corrected chi connectivity index (χ0v) is 15.4. The van der Waals surface area contributed by atoms with E-state index >= 15 is 0 Å². The molecule has 0 fully saturated rings. The first-order chi connectivity index (χ1) is 11.4. The summed E-state index contributed by atoms with van der Waals surface area (Å²) in [6.07, 6.45) is -0.335. The summed E-state index contributed by atoms with van der Waals surface area (Å²) in [7, 11) is -4.94. The lowest BCUT2D eigenvalue weighted by molar-refractivity contribution is -2.00. The lowest BCUT2D eigenvalue weighted by Crippen LogP contribution is -2.68. The molecule has 1 unspecified atom stereocenters. The molecule has 0 aromatic heterocycles. The van der Waals surface area contributed by atoms with E-state index in [1.807, 2.05) is 6.92 Å². The summed E-state index contributed by atoms with van der Waals surface area (Å²) in [5.41, 5.74) is 3.94. The van der Waals surface area contributed by atoms with E-state index in [0.717, 1.165) is 0 Å². The third kappa shape index (κ3) is 4.36. The van der Waals surface area contributed by atoms with Crippen LogP contribution in [0.25, 0.3) is 10.8 Å². The summed E-state index contributed by atoms with van der Waals surface area (Å²) in [6, 6.07) is 12.9.